The summed E-state index contributed by atoms with van der Waals surface area (Å²) < 4.78 is 0. The molecule has 272 valence electrons. The molecule has 0 bridgehead atoms. The summed E-state index contributed by atoms with van der Waals surface area (Å²) in [6, 6.07) is 0. The van der Waals surface area contributed by atoms with Gasteiger partial charge in [0.2, 0.25) is 5.91 Å². The maximum atomic E-state index is 11.7. The van der Waals surface area contributed by atoms with Gasteiger partial charge < -0.3 is 29.7 Å². The summed E-state index contributed by atoms with van der Waals surface area (Å²) in [7, 11) is 2.08. The minimum atomic E-state index is -0.114. The van der Waals surface area contributed by atoms with Gasteiger partial charge in [0.15, 0.2) is 0 Å². The van der Waals surface area contributed by atoms with Crippen LogP contribution in [0.25, 0.3) is 0 Å². The predicted molar refractivity (Wildman–Crippen MR) is 188 cm³/mol. The number of aliphatic hydroxyl groups excluding tert-OH is 1. The molecule has 1 amide bonds. The van der Waals surface area contributed by atoms with Gasteiger partial charge >= 0.3 is 0 Å². The normalized spacial score (nSPS) is 19.0. The second kappa shape index (κ2) is 31.9. The van der Waals surface area contributed by atoms with E-state index in [4.69, 9.17) is 9.78 Å². The Hall–Kier alpha value is -1.68. The third kappa shape index (κ3) is 27.4. The van der Waals surface area contributed by atoms with Crippen LogP contribution in [-0.4, -0.2) is 80.8 Å². The molecule has 1 aliphatic heterocycles. The van der Waals surface area contributed by atoms with Gasteiger partial charge in [-0.25, -0.2) is 9.78 Å². The molecule has 0 saturated carbocycles. The van der Waals surface area contributed by atoms with Gasteiger partial charge in [-0.15, -0.1) is 0 Å². The van der Waals surface area contributed by atoms with E-state index in [0.29, 0.717) is 32.5 Å². The zero-order valence-electron chi connectivity index (χ0n) is 30.7. The minimum Gasteiger partial charge on any atom is -0.396 e. The lowest BCUT2D eigenvalue weighted by atomic mass is 9.69. The van der Waals surface area contributed by atoms with Crippen LogP contribution in [0, 0.1) is 10.8 Å². The highest BCUT2D eigenvalue weighted by Crippen LogP contribution is 2.45. The fraction of sp³-hybridized carbons (Fsp3) is 0.892. The number of carbonyl (C=O) groups is 4. The van der Waals surface area contributed by atoms with Gasteiger partial charge in [-0.2, -0.15) is 0 Å². The molecule has 46 heavy (non-hydrogen) atoms. The first-order valence-corrected chi connectivity index (χ1v) is 18.2. The lowest BCUT2D eigenvalue weighted by Crippen LogP contribution is -2.42. The first-order chi connectivity index (χ1) is 22.0. The third-order valence-corrected chi connectivity index (χ3v) is 8.59. The van der Waals surface area contributed by atoms with Gasteiger partial charge in [-0.1, -0.05) is 91.4 Å². The number of nitrogens with zero attached hydrogens (tertiary/aromatic N) is 1. The number of hydrogen-bond donors (Lipinski definition) is 2. The van der Waals surface area contributed by atoms with Crippen molar-refractivity contribution in [1.82, 2.24) is 10.2 Å². The van der Waals surface area contributed by atoms with Crippen molar-refractivity contribution in [3.63, 3.8) is 0 Å². The lowest BCUT2D eigenvalue weighted by Gasteiger charge is -2.37. The number of nitrogens with one attached hydrogen (secondary N) is 1. The summed E-state index contributed by atoms with van der Waals surface area (Å²) in [5.41, 5.74) is -0.165. The molecule has 9 nitrogen and oxygen atoms in total. The Labute approximate surface area is 282 Å². The Kier molecular flexibility index (Phi) is 32.2. The van der Waals surface area contributed by atoms with Crippen LogP contribution < -0.4 is 5.32 Å². The summed E-state index contributed by atoms with van der Waals surface area (Å²) in [5, 5.41) is 12.6. The van der Waals surface area contributed by atoms with Crippen LogP contribution in [0.4, 0.5) is 0 Å². The molecule has 0 spiro atoms. The van der Waals surface area contributed by atoms with Gasteiger partial charge in [0, 0.05) is 49.7 Å². The topological polar surface area (TPSA) is 122 Å². The standard InChI is InChI=1S/C22H41NO3.C12H25NO3.C3H6O/c24-20-16-12-8-4-2-1-3-7-11-15-19-23-22(26)18-14-10-6-5-9-13-17-21-25;1-5-6-15-16-10-12(3)8-13(4)7-11(12,2)9-14;1-3(2)4/h20-21H,1-19H2,(H,23,26);14H,5-10H2,1-4H3;1-2H3. The van der Waals surface area contributed by atoms with Crippen LogP contribution in [0.3, 0.4) is 0 Å². The van der Waals surface area contributed by atoms with Crippen LogP contribution in [0.1, 0.15) is 157 Å². The van der Waals surface area contributed by atoms with Crippen molar-refractivity contribution >= 4 is 24.3 Å². The minimum absolute atomic E-state index is 0.0513. The Morgan fingerprint density at radius 1 is 0.739 bits per heavy atom. The lowest BCUT2D eigenvalue weighted by molar-refractivity contribution is -0.314. The van der Waals surface area contributed by atoms with E-state index in [1.165, 1.54) is 71.6 Å². The molecular formula is C37H72N2O7. The average molecular weight is 657 g/mol. The van der Waals surface area contributed by atoms with E-state index in [-0.39, 0.29) is 29.1 Å². The monoisotopic (exact) mass is 657 g/mol. The largest absolute Gasteiger partial charge is 0.396 e. The maximum absolute atomic E-state index is 11.7. The quantitative estimate of drug-likeness (QED) is 0.0406. The van der Waals surface area contributed by atoms with E-state index in [1.807, 2.05) is 6.92 Å². The fourth-order valence-corrected chi connectivity index (χ4v) is 5.53. The average Bonchev–Trinajstić information content (AvgIpc) is 3.24. The maximum Gasteiger partial charge on any atom is 0.219 e. The smallest absolute Gasteiger partial charge is 0.219 e. The zero-order chi connectivity index (χ0) is 34.9. The summed E-state index contributed by atoms with van der Waals surface area (Å²) in [5.74, 6) is 0.362. The third-order valence-electron chi connectivity index (χ3n) is 8.59. The highest BCUT2D eigenvalue weighted by molar-refractivity contribution is 5.75. The van der Waals surface area contributed by atoms with Crippen molar-refractivity contribution in [2.24, 2.45) is 10.8 Å². The summed E-state index contributed by atoms with van der Waals surface area (Å²) in [4.78, 5) is 54.1. The van der Waals surface area contributed by atoms with E-state index >= 15 is 0 Å². The van der Waals surface area contributed by atoms with Crippen LogP contribution in [0.2, 0.25) is 0 Å². The van der Waals surface area contributed by atoms with Crippen LogP contribution >= 0.6 is 0 Å². The van der Waals surface area contributed by atoms with Gasteiger partial charge in [0.05, 0.1) is 19.8 Å². The number of Topliss-reactive ketones (excluding diaryl/α,β-unsaturated/α-hetero) is 1. The molecule has 0 aromatic rings. The first kappa shape index (κ1) is 46.4. The van der Waals surface area contributed by atoms with Crippen LogP contribution in [-0.2, 0) is 29.0 Å². The molecule has 0 aliphatic carbocycles. The molecule has 0 aromatic carbocycles. The number of hydrogen-bond acceptors (Lipinski definition) is 8. The molecule has 1 rings (SSSR count). The van der Waals surface area contributed by atoms with Gasteiger partial charge in [-0.05, 0) is 53.0 Å². The second-order valence-electron chi connectivity index (χ2n) is 13.8. The molecule has 2 atom stereocenters. The highest BCUT2D eigenvalue weighted by atomic mass is 17.2. The number of unbranched alkanes of at least 4 members (excludes halogenated alkanes) is 15. The molecule has 1 aliphatic rings. The molecule has 0 aromatic heterocycles. The zero-order valence-corrected chi connectivity index (χ0v) is 30.7. The predicted octanol–water partition coefficient (Wildman–Crippen LogP) is 7.41. The number of ketones is 1. The van der Waals surface area contributed by atoms with Crippen LogP contribution in [0.15, 0.2) is 0 Å². The number of likely N-dealkylation sites (tertiary alicyclic amines) is 1. The van der Waals surface area contributed by atoms with Crippen molar-refractivity contribution in [3.8, 4) is 0 Å². The van der Waals surface area contributed by atoms with Crippen molar-refractivity contribution in [3.05, 3.63) is 0 Å². The Morgan fingerprint density at radius 2 is 1.17 bits per heavy atom. The molecule has 2 unspecified atom stereocenters. The number of amides is 1. The highest BCUT2D eigenvalue weighted by Gasteiger charge is 2.51. The molecule has 1 fully saturated rings. The number of carbonyl (C=O) groups excluding carboxylic acids is 4. The SMILES string of the molecule is CC(C)=O.CCCOOCC1(C)CN(C)CC1(C)CO.O=CCCCCCCCCCCCNC(=O)CCCCCCCCC=O. The molecule has 1 saturated heterocycles. The molecule has 2 N–H and O–H groups in total. The van der Waals surface area contributed by atoms with E-state index in [9.17, 15) is 24.3 Å². The number of rotatable bonds is 27. The van der Waals surface area contributed by atoms with E-state index < -0.39 is 0 Å². The molecule has 9 heteroatoms. The van der Waals surface area contributed by atoms with E-state index in [2.05, 4.69) is 31.1 Å². The second-order valence-corrected chi connectivity index (χ2v) is 13.8. The molecule has 1 heterocycles. The van der Waals surface area contributed by atoms with Crippen molar-refractivity contribution in [2.75, 3.05) is 46.5 Å². The number of aliphatic hydroxyl groups is 1. The first-order valence-electron chi connectivity index (χ1n) is 18.2. The Bertz CT molecular complexity index is 747. The van der Waals surface area contributed by atoms with Gasteiger partial charge in [0.1, 0.15) is 18.4 Å². The Morgan fingerprint density at radius 3 is 1.63 bits per heavy atom. The van der Waals surface area contributed by atoms with E-state index in [0.717, 1.165) is 77.2 Å². The van der Waals surface area contributed by atoms with Gasteiger partial charge in [-0.3, -0.25) is 4.79 Å². The summed E-state index contributed by atoms with van der Waals surface area (Å²) in [6.07, 6.45) is 22.5. The summed E-state index contributed by atoms with van der Waals surface area (Å²) in [6.45, 7) is 13.4. The molecular weight excluding hydrogens is 584 g/mol. The van der Waals surface area contributed by atoms with Crippen LogP contribution in [0.5, 0.6) is 0 Å². The molecule has 0 radical (unpaired) electrons. The fourth-order valence-electron chi connectivity index (χ4n) is 5.53. The number of aldehydes is 2. The van der Waals surface area contributed by atoms with Gasteiger partial charge in [0.25, 0.3) is 0 Å². The van der Waals surface area contributed by atoms with Crippen molar-refractivity contribution in [2.45, 2.75) is 157 Å². The summed E-state index contributed by atoms with van der Waals surface area (Å²) >= 11 is 0. The van der Waals surface area contributed by atoms with Crippen molar-refractivity contribution < 1.29 is 34.1 Å². The van der Waals surface area contributed by atoms with E-state index in [1.54, 1.807) is 0 Å². The Balaban J connectivity index is 0. The van der Waals surface area contributed by atoms with Crippen molar-refractivity contribution in [1.29, 1.82) is 0 Å².